The van der Waals surface area contributed by atoms with Crippen molar-refractivity contribution in [1.29, 1.82) is 0 Å². The molecule has 0 amide bonds. The minimum absolute atomic E-state index is 0.0988. The van der Waals surface area contributed by atoms with Crippen LogP contribution in [-0.4, -0.2) is 37.2 Å². The average molecular weight is 982 g/mol. The summed E-state index contributed by atoms with van der Waals surface area (Å²) in [5.41, 5.74) is 0. The molecule has 71 heavy (non-hydrogen) atoms. The van der Waals surface area contributed by atoms with E-state index in [4.69, 9.17) is 14.2 Å². The van der Waals surface area contributed by atoms with Crippen molar-refractivity contribution >= 4 is 17.9 Å². The van der Waals surface area contributed by atoms with Crippen LogP contribution in [0.5, 0.6) is 0 Å². The van der Waals surface area contributed by atoms with Gasteiger partial charge in [-0.1, -0.05) is 238 Å². The summed E-state index contributed by atoms with van der Waals surface area (Å²) in [6.07, 6.45) is 82.2. The van der Waals surface area contributed by atoms with Gasteiger partial charge in [-0.15, -0.1) is 0 Å². The molecule has 0 saturated heterocycles. The van der Waals surface area contributed by atoms with E-state index in [0.717, 1.165) is 135 Å². The third kappa shape index (κ3) is 56.3. The van der Waals surface area contributed by atoms with E-state index in [0.29, 0.717) is 19.3 Å². The van der Waals surface area contributed by atoms with Gasteiger partial charge in [0.1, 0.15) is 13.2 Å². The highest BCUT2D eigenvalue weighted by atomic mass is 16.6. The predicted octanol–water partition coefficient (Wildman–Crippen LogP) is 19.4. The molecule has 0 N–H and O–H groups in total. The lowest BCUT2D eigenvalue weighted by Gasteiger charge is -2.18. The molecule has 0 bridgehead atoms. The van der Waals surface area contributed by atoms with E-state index in [9.17, 15) is 14.4 Å². The molecule has 0 heterocycles. The standard InChI is InChI=1S/C65H104O6/c1-4-7-10-13-15-17-19-21-23-24-25-26-27-28-29-30-31-32-33-34-35-36-37-38-39-40-42-43-45-47-49-52-55-58-64(67)70-61-62(60-69-63(66)57-54-51-12-9-6-3)71-65(68)59-56-53-50-48-46-44-41-22-20-18-16-14-11-8-5-2/h7-8,10-11,15-18,21-23,25-26,28-29,31-32,34-35,41,46,48,62H,4-6,9,12-14,19-20,24,27,30,33,36-40,42-45,47,49-61H2,1-3H3/b10-7-,11-8-,17-15-,18-16-,23-21-,26-25-,29-28-,32-31-,35-34-,41-22-,48-46-. The van der Waals surface area contributed by atoms with Crippen molar-refractivity contribution in [2.45, 2.75) is 245 Å². The van der Waals surface area contributed by atoms with Crippen LogP contribution in [0.4, 0.5) is 0 Å². The van der Waals surface area contributed by atoms with Crippen LogP contribution in [0.3, 0.4) is 0 Å². The van der Waals surface area contributed by atoms with E-state index < -0.39 is 6.10 Å². The molecule has 0 aliphatic carbocycles. The quantitative estimate of drug-likeness (QED) is 0.0262. The van der Waals surface area contributed by atoms with Crippen LogP contribution in [-0.2, 0) is 28.6 Å². The van der Waals surface area contributed by atoms with Crippen LogP contribution in [0, 0.1) is 0 Å². The number of esters is 3. The third-order valence-corrected chi connectivity index (χ3v) is 11.7. The SMILES string of the molecule is CC/C=C\C/C=C\C/C=C\C/C=C\C/C=C\C/C=C\C/C=C\CCCCCCCCCCCCCC(=O)OCC(COC(=O)CCCCCCC)OC(=O)CCCC/C=C\C/C=C\C/C=C\C/C=C\CC. The Kier molecular flexibility index (Phi) is 54.5. The van der Waals surface area contributed by atoms with Gasteiger partial charge in [0.05, 0.1) is 0 Å². The molecule has 1 unspecified atom stereocenters. The van der Waals surface area contributed by atoms with E-state index in [-0.39, 0.29) is 37.5 Å². The van der Waals surface area contributed by atoms with Crippen LogP contribution < -0.4 is 0 Å². The van der Waals surface area contributed by atoms with Gasteiger partial charge in [-0.2, -0.15) is 0 Å². The Labute approximate surface area is 436 Å². The zero-order valence-corrected chi connectivity index (χ0v) is 45.7. The zero-order valence-electron chi connectivity index (χ0n) is 45.7. The number of allylic oxidation sites excluding steroid dienone is 22. The maximum Gasteiger partial charge on any atom is 0.306 e. The highest BCUT2D eigenvalue weighted by Crippen LogP contribution is 2.14. The van der Waals surface area contributed by atoms with Gasteiger partial charge in [0, 0.05) is 19.3 Å². The minimum Gasteiger partial charge on any atom is -0.462 e. The summed E-state index contributed by atoms with van der Waals surface area (Å²) in [4.78, 5) is 37.7. The van der Waals surface area contributed by atoms with E-state index in [1.807, 2.05) is 0 Å². The zero-order chi connectivity index (χ0) is 51.4. The van der Waals surface area contributed by atoms with Crippen molar-refractivity contribution in [3.63, 3.8) is 0 Å². The molecule has 0 aromatic heterocycles. The van der Waals surface area contributed by atoms with Crippen LogP contribution in [0.15, 0.2) is 134 Å². The van der Waals surface area contributed by atoms with E-state index in [2.05, 4.69) is 154 Å². The first-order valence-electron chi connectivity index (χ1n) is 28.7. The van der Waals surface area contributed by atoms with Gasteiger partial charge in [-0.05, 0) is 116 Å². The molecule has 400 valence electrons. The maximum atomic E-state index is 12.7. The van der Waals surface area contributed by atoms with Crippen LogP contribution in [0.1, 0.15) is 239 Å². The second-order valence-corrected chi connectivity index (χ2v) is 18.4. The molecule has 0 aliphatic heterocycles. The molecule has 0 spiro atoms. The topological polar surface area (TPSA) is 78.9 Å². The van der Waals surface area contributed by atoms with Crippen molar-refractivity contribution in [3.8, 4) is 0 Å². The van der Waals surface area contributed by atoms with Gasteiger partial charge < -0.3 is 14.2 Å². The molecule has 0 saturated carbocycles. The Balaban J connectivity index is 4.08. The molecule has 0 radical (unpaired) electrons. The Morgan fingerprint density at radius 1 is 0.296 bits per heavy atom. The summed E-state index contributed by atoms with van der Waals surface area (Å²) < 4.78 is 16.6. The predicted molar refractivity (Wildman–Crippen MR) is 306 cm³/mol. The second-order valence-electron chi connectivity index (χ2n) is 18.4. The van der Waals surface area contributed by atoms with Gasteiger partial charge in [-0.25, -0.2) is 0 Å². The lowest BCUT2D eigenvalue weighted by Crippen LogP contribution is -2.30. The monoisotopic (exact) mass is 981 g/mol. The number of unbranched alkanes of at least 4 members (excludes halogenated alkanes) is 17. The fourth-order valence-electron chi connectivity index (χ4n) is 7.41. The van der Waals surface area contributed by atoms with E-state index >= 15 is 0 Å². The van der Waals surface area contributed by atoms with Gasteiger partial charge in [0.25, 0.3) is 0 Å². The molecule has 0 aromatic rings. The maximum absolute atomic E-state index is 12.7. The fourth-order valence-corrected chi connectivity index (χ4v) is 7.41. The molecular formula is C65H104O6. The first-order chi connectivity index (χ1) is 35.0. The lowest BCUT2D eigenvalue weighted by molar-refractivity contribution is -0.167. The molecule has 6 nitrogen and oxygen atoms in total. The van der Waals surface area contributed by atoms with Crippen molar-refractivity contribution < 1.29 is 28.6 Å². The summed E-state index contributed by atoms with van der Waals surface area (Å²) >= 11 is 0. The molecule has 6 heteroatoms. The smallest absolute Gasteiger partial charge is 0.306 e. The van der Waals surface area contributed by atoms with E-state index in [1.165, 1.54) is 57.8 Å². The highest BCUT2D eigenvalue weighted by molar-refractivity contribution is 5.71. The molecule has 0 aliphatic rings. The molecule has 0 aromatic carbocycles. The minimum atomic E-state index is -0.800. The summed E-state index contributed by atoms with van der Waals surface area (Å²) in [6.45, 7) is 6.27. The number of carbonyl (C=O) groups excluding carboxylic acids is 3. The fraction of sp³-hybridized carbons (Fsp3) is 0.615. The molecule has 0 fully saturated rings. The van der Waals surface area contributed by atoms with Gasteiger partial charge in [0.2, 0.25) is 0 Å². The average Bonchev–Trinajstić information content (AvgIpc) is 3.37. The van der Waals surface area contributed by atoms with Crippen molar-refractivity contribution in [1.82, 2.24) is 0 Å². The molecule has 1 atom stereocenters. The van der Waals surface area contributed by atoms with E-state index in [1.54, 1.807) is 0 Å². The number of rotatable bonds is 50. The van der Waals surface area contributed by atoms with Crippen LogP contribution in [0.25, 0.3) is 0 Å². The molecular weight excluding hydrogens is 877 g/mol. The Morgan fingerprint density at radius 2 is 0.549 bits per heavy atom. The first-order valence-corrected chi connectivity index (χ1v) is 28.7. The van der Waals surface area contributed by atoms with Crippen molar-refractivity contribution in [3.05, 3.63) is 134 Å². The molecule has 0 rings (SSSR count). The highest BCUT2D eigenvalue weighted by Gasteiger charge is 2.19. The number of ether oxygens (including phenoxy) is 3. The Bertz CT molecular complexity index is 1550. The van der Waals surface area contributed by atoms with Crippen LogP contribution >= 0.6 is 0 Å². The Hall–Kier alpha value is -4.45. The van der Waals surface area contributed by atoms with Crippen molar-refractivity contribution in [2.75, 3.05) is 13.2 Å². The van der Waals surface area contributed by atoms with Gasteiger partial charge >= 0.3 is 17.9 Å². The largest absolute Gasteiger partial charge is 0.462 e. The Morgan fingerprint density at radius 3 is 0.887 bits per heavy atom. The second kappa shape index (κ2) is 58.1. The summed E-state index contributed by atoms with van der Waals surface area (Å²) in [5, 5.41) is 0. The van der Waals surface area contributed by atoms with Crippen LogP contribution in [0.2, 0.25) is 0 Å². The van der Waals surface area contributed by atoms with Gasteiger partial charge in [0.15, 0.2) is 6.10 Å². The normalized spacial score (nSPS) is 13.1. The number of carbonyl (C=O) groups is 3. The van der Waals surface area contributed by atoms with Gasteiger partial charge in [-0.3, -0.25) is 14.4 Å². The summed E-state index contributed by atoms with van der Waals surface area (Å²) in [6, 6.07) is 0. The lowest BCUT2D eigenvalue weighted by atomic mass is 10.0. The van der Waals surface area contributed by atoms with Crippen molar-refractivity contribution in [2.24, 2.45) is 0 Å². The number of hydrogen-bond donors (Lipinski definition) is 0. The number of hydrogen-bond acceptors (Lipinski definition) is 6. The first kappa shape index (κ1) is 66.6. The summed E-state index contributed by atoms with van der Waals surface area (Å²) in [5.74, 6) is -0.964. The summed E-state index contributed by atoms with van der Waals surface area (Å²) in [7, 11) is 0. The third-order valence-electron chi connectivity index (χ3n) is 11.7.